The second-order valence-electron chi connectivity index (χ2n) is 2.30. The summed E-state index contributed by atoms with van der Waals surface area (Å²) >= 11 is 16.8. The first-order valence-electron chi connectivity index (χ1n) is 2.80. The van der Waals surface area contributed by atoms with Crippen LogP contribution in [0.15, 0.2) is 18.2 Å². The van der Waals surface area contributed by atoms with Gasteiger partial charge in [-0.1, -0.05) is 34.8 Å². The molecule has 0 radical (unpaired) electrons. The smallest absolute Gasteiger partial charge is 0.0784 e. The zero-order valence-electron chi connectivity index (χ0n) is 4.87. The molecular formula is C7H3Cl3. The monoisotopic (exact) mass is 192 g/mol. The molecule has 0 spiro atoms. The fourth-order valence-electron chi connectivity index (χ4n) is 0.922. The van der Waals surface area contributed by atoms with Crippen molar-refractivity contribution in [1.29, 1.82) is 0 Å². The third kappa shape index (κ3) is 1.01. The molecule has 0 aliphatic heterocycles. The second kappa shape index (κ2) is 1.82. The van der Waals surface area contributed by atoms with Crippen LogP contribution in [0, 0.1) is 0 Å². The van der Waals surface area contributed by atoms with Crippen LogP contribution in [0.5, 0.6) is 0 Å². The number of hydrogen-bond acceptors (Lipinski definition) is 0. The molecule has 2 aliphatic carbocycles. The lowest BCUT2D eigenvalue weighted by atomic mass is 10.3. The first kappa shape index (κ1) is 6.78. The first-order chi connectivity index (χ1) is 4.57. The Hall–Kier alpha value is 0.0900. The van der Waals surface area contributed by atoms with Gasteiger partial charge in [-0.05, 0) is 29.3 Å². The van der Waals surface area contributed by atoms with E-state index in [4.69, 9.17) is 34.8 Å². The van der Waals surface area contributed by atoms with Gasteiger partial charge in [-0.3, -0.25) is 0 Å². The predicted octanol–water partition coefficient (Wildman–Crippen LogP) is 3.49. The normalized spacial score (nSPS) is 13.5. The highest BCUT2D eigenvalue weighted by Crippen LogP contribution is 2.46. The summed E-state index contributed by atoms with van der Waals surface area (Å²) in [4.78, 5) is 0. The molecule has 0 bridgehead atoms. The Morgan fingerprint density at radius 2 is 1.40 bits per heavy atom. The van der Waals surface area contributed by atoms with Crippen LogP contribution < -0.4 is 0 Å². The number of fused-ring (bicyclic) bond motifs is 1. The number of hydrogen-bond donors (Lipinski definition) is 0. The summed E-state index contributed by atoms with van der Waals surface area (Å²) in [5, 5.41) is 0. The highest BCUT2D eigenvalue weighted by Gasteiger charge is 2.27. The van der Waals surface area contributed by atoms with Crippen LogP contribution >= 0.6 is 34.8 Å². The van der Waals surface area contributed by atoms with Gasteiger partial charge in [0.15, 0.2) is 0 Å². The molecule has 2 aliphatic rings. The molecule has 0 fully saturated rings. The summed E-state index contributed by atoms with van der Waals surface area (Å²) in [6.45, 7) is 0. The van der Waals surface area contributed by atoms with Crippen LogP contribution in [0.1, 0.15) is 5.56 Å². The van der Waals surface area contributed by atoms with Crippen LogP contribution in [-0.2, 0) is 3.79 Å². The molecule has 0 amide bonds. The molecule has 0 heterocycles. The molecule has 0 saturated carbocycles. The van der Waals surface area contributed by atoms with Crippen LogP contribution in [0.2, 0.25) is 0 Å². The van der Waals surface area contributed by atoms with Crippen molar-refractivity contribution in [1.82, 2.24) is 0 Å². The molecule has 3 heteroatoms. The summed E-state index contributed by atoms with van der Waals surface area (Å²) in [6, 6.07) is 5.82. The van der Waals surface area contributed by atoms with E-state index in [1.165, 1.54) is 11.1 Å². The third-order valence-corrected chi connectivity index (χ3v) is 2.16. The van der Waals surface area contributed by atoms with E-state index < -0.39 is 3.79 Å². The Morgan fingerprint density at radius 1 is 0.900 bits per heavy atom. The lowest BCUT2D eigenvalue weighted by molar-refractivity contribution is 1.27. The average Bonchev–Trinajstić information content (AvgIpc) is 2.38. The quantitative estimate of drug-likeness (QED) is 0.562. The second-order valence-corrected chi connectivity index (χ2v) is 4.58. The molecule has 0 saturated heterocycles. The maximum Gasteiger partial charge on any atom is 0.216 e. The summed E-state index contributed by atoms with van der Waals surface area (Å²) < 4.78 is -1.25. The third-order valence-electron chi connectivity index (χ3n) is 1.51. The Kier molecular flexibility index (Phi) is 1.23. The van der Waals surface area contributed by atoms with Crippen molar-refractivity contribution in [3.63, 3.8) is 0 Å². The summed E-state index contributed by atoms with van der Waals surface area (Å²) in [7, 11) is 0. The van der Waals surface area contributed by atoms with Gasteiger partial charge >= 0.3 is 0 Å². The Balaban J connectivity index is 2.41. The topological polar surface area (TPSA) is 0 Å². The van der Waals surface area contributed by atoms with Crippen molar-refractivity contribution < 1.29 is 0 Å². The van der Waals surface area contributed by atoms with Crippen LogP contribution in [0.4, 0.5) is 0 Å². The van der Waals surface area contributed by atoms with Crippen molar-refractivity contribution in [2.24, 2.45) is 0 Å². The van der Waals surface area contributed by atoms with E-state index in [2.05, 4.69) is 0 Å². The van der Waals surface area contributed by atoms with Crippen LogP contribution in [-0.4, -0.2) is 0 Å². The highest BCUT2D eigenvalue weighted by atomic mass is 35.6. The number of benzene rings is 1. The van der Waals surface area contributed by atoms with Crippen LogP contribution in [0.3, 0.4) is 0 Å². The van der Waals surface area contributed by atoms with Crippen molar-refractivity contribution >= 4 is 34.8 Å². The van der Waals surface area contributed by atoms with Gasteiger partial charge < -0.3 is 0 Å². The maximum absolute atomic E-state index is 5.62. The van der Waals surface area contributed by atoms with E-state index in [-0.39, 0.29) is 0 Å². The molecule has 0 N–H and O–H groups in total. The predicted molar refractivity (Wildman–Crippen MR) is 44.7 cm³/mol. The number of rotatable bonds is 0. The van der Waals surface area contributed by atoms with Gasteiger partial charge in [-0.25, -0.2) is 0 Å². The molecule has 0 atom stereocenters. The molecule has 0 aromatic carbocycles. The van der Waals surface area contributed by atoms with Gasteiger partial charge in [-0.15, -0.1) is 0 Å². The van der Waals surface area contributed by atoms with Crippen molar-refractivity contribution in [3.05, 3.63) is 23.8 Å². The van der Waals surface area contributed by atoms with Crippen molar-refractivity contribution in [2.75, 3.05) is 0 Å². The first-order valence-corrected chi connectivity index (χ1v) is 3.93. The highest BCUT2D eigenvalue weighted by molar-refractivity contribution is 6.66. The van der Waals surface area contributed by atoms with Gasteiger partial charge in [0.2, 0.25) is 3.79 Å². The minimum atomic E-state index is -1.25. The molecule has 52 valence electrons. The van der Waals surface area contributed by atoms with E-state index in [0.29, 0.717) is 0 Å². The van der Waals surface area contributed by atoms with Gasteiger partial charge in [0, 0.05) is 5.56 Å². The van der Waals surface area contributed by atoms with E-state index in [1.54, 1.807) is 0 Å². The summed E-state index contributed by atoms with van der Waals surface area (Å²) in [5.74, 6) is 0. The Bertz CT molecular complexity index is 265. The SMILES string of the molecule is ClC(Cl)(Cl)c1cc2cc-2c1. The zero-order chi connectivity index (χ0) is 7.35. The van der Waals surface area contributed by atoms with E-state index in [0.717, 1.165) is 5.56 Å². The van der Waals surface area contributed by atoms with Crippen molar-refractivity contribution in [3.8, 4) is 11.1 Å². The molecule has 0 aromatic rings. The molecule has 0 nitrogen and oxygen atoms in total. The fraction of sp³-hybridized carbons (Fsp3) is 0.143. The largest absolute Gasteiger partial charge is 0.216 e. The maximum atomic E-state index is 5.62. The van der Waals surface area contributed by atoms with Crippen LogP contribution in [0.25, 0.3) is 11.1 Å². The average molecular weight is 193 g/mol. The molecule has 0 aromatic heterocycles. The van der Waals surface area contributed by atoms with Gasteiger partial charge in [0.25, 0.3) is 0 Å². The number of halogens is 3. The Labute approximate surface area is 73.7 Å². The lowest BCUT2D eigenvalue weighted by Crippen LogP contribution is -1.96. The minimum absolute atomic E-state index is 0.769. The van der Waals surface area contributed by atoms with E-state index in [9.17, 15) is 0 Å². The zero-order valence-corrected chi connectivity index (χ0v) is 7.13. The van der Waals surface area contributed by atoms with Crippen molar-refractivity contribution in [2.45, 2.75) is 3.79 Å². The molecule has 2 rings (SSSR count). The Morgan fingerprint density at radius 3 is 1.70 bits per heavy atom. The van der Waals surface area contributed by atoms with Gasteiger partial charge in [0.05, 0.1) is 0 Å². The summed E-state index contributed by atoms with van der Waals surface area (Å²) in [6.07, 6.45) is 0. The number of alkyl halides is 3. The summed E-state index contributed by atoms with van der Waals surface area (Å²) in [5.41, 5.74) is 3.16. The standard InChI is InChI=1S/C7H3Cl3/c8-7(9,10)6-2-4-1-5(4)3-6/h1-3H. The molecular weight excluding hydrogens is 190 g/mol. The minimum Gasteiger partial charge on any atom is -0.0784 e. The van der Waals surface area contributed by atoms with E-state index >= 15 is 0 Å². The van der Waals surface area contributed by atoms with E-state index in [1.807, 2.05) is 18.2 Å². The van der Waals surface area contributed by atoms with Gasteiger partial charge in [0.1, 0.15) is 0 Å². The molecule has 0 unspecified atom stereocenters. The lowest BCUT2D eigenvalue weighted by Gasteiger charge is -2.06. The van der Waals surface area contributed by atoms with Gasteiger partial charge in [-0.2, -0.15) is 0 Å². The molecule has 10 heavy (non-hydrogen) atoms. The fourth-order valence-corrected chi connectivity index (χ4v) is 1.25.